The van der Waals surface area contributed by atoms with Crippen molar-refractivity contribution in [3.8, 4) is 0 Å². The molecule has 3 fully saturated rings. The van der Waals surface area contributed by atoms with E-state index < -0.39 is 5.97 Å². The van der Waals surface area contributed by atoms with Gasteiger partial charge in [0.25, 0.3) is 0 Å². The number of carbonyl (C=O) groups is 2. The molecule has 1 amide bonds. The molecule has 4 heteroatoms. The van der Waals surface area contributed by atoms with Crippen LogP contribution in [0.3, 0.4) is 0 Å². The molecule has 0 radical (unpaired) electrons. The van der Waals surface area contributed by atoms with Gasteiger partial charge in [-0.2, -0.15) is 0 Å². The van der Waals surface area contributed by atoms with Crippen molar-refractivity contribution in [2.24, 2.45) is 23.7 Å². The molecule has 18 heavy (non-hydrogen) atoms. The van der Waals surface area contributed by atoms with Gasteiger partial charge in [-0.25, -0.2) is 0 Å². The number of fused-ring (bicyclic) bond motifs is 2. The van der Waals surface area contributed by atoms with Crippen LogP contribution in [0.4, 0.5) is 0 Å². The Balaban J connectivity index is 1.52. The summed E-state index contributed by atoms with van der Waals surface area (Å²) in [6, 6.07) is 0. The van der Waals surface area contributed by atoms with E-state index in [9.17, 15) is 9.59 Å². The summed E-state index contributed by atoms with van der Waals surface area (Å²) in [6.45, 7) is 1.06. The summed E-state index contributed by atoms with van der Waals surface area (Å²) in [5, 5.41) is 8.94. The predicted octanol–water partition coefficient (Wildman–Crippen LogP) is 1.75. The maximum Gasteiger partial charge on any atom is 0.308 e. The molecule has 1 N–H and O–H groups in total. The lowest BCUT2D eigenvalue weighted by molar-refractivity contribution is -0.141. The number of carboxylic acid groups (broad SMARTS) is 1. The van der Waals surface area contributed by atoms with Gasteiger partial charge in [-0.1, -0.05) is 6.42 Å². The van der Waals surface area contributed by atoms with Gasteiger partial charge in [0.15, 0.2) is 0 Å². The largest absolute Gasteiger partial charge is 0.481 e. The Morgan fingerprint density at radius 3 is 2.56 bits per heavy atom. The van der Waals surface area contributed by atoms with Crippen LogP contribution in [0.2, 0.25) is 0 Å². The SMILES string of the molecule is O=C(O)C1CCN(C(=O)CC2CC3CCC2C3)C1. The van der Waals surface area contributed by atoms with E-state index in [-0.39, 0.29) is 11.8 Å². The van der Waals surface area contributed by atoms with Crippen molar-refractivity contribution in [3.63, 3.8) is 0 Å². The number of rotatable bonds is 3. The quantitative estimate of drug-likeness (QED) is 0.831. The van der Waals surface area contributed by atoms with E-state index in [1.54, 1.807) is 4.90 Å². The molecule has 4 atom stereocenters. The molecule has 2 saturated carbocycles. The normalized spacial score (nSPS) is 38.3. The molecular weight excluding hydrogens is 230 g/mol. The van der Waals surface area contributed by atoms with Gasteiger partial charge in [-0.05, 0) is 43.4 Å². The Kier molecular flexibility index (Phi) is 3.04. The lowest BCUT2D eigenvalue weighted by atomic mass is 9.86. The highest BCUT2D eigenvalue weighted by atomic mass is 16.4. The highest BCUT2D eigenvalue weighted by Gasteiger charge is 2.41. The fourth-order valence-electron chi connectivity index (χ4n) is 4.17. The first-order chi connectivity index (χ1) is 8.63. The lowest BCUT2D eigenvalue weighted by Crippen LogP contribution is -2.32. The zero-order chi connectivity index (χ0) is 12.7. The molecule has 0 aromatic heterocycles. The number of hydrogen-bond acceptors (Lipinski definition) is 2. The van der Waals surface area contributed by atoms with Crippen molar-refractivity contribution in [2.45, 2.75) is 38.5 Å². The third kappa shape index (κ3) is 2.13. The van der Waals surface area contributed by atoms with Gasteiger partial charge < -0.3 is 10.0 Å². The van der Waals surface area contributed by atoms with Gasteiger partial charge in [0.05, 0.1) is 5.92 Å². The monoisotopic (exact) mass is 251 g/mol. The number of likely N-dealkylation sites (tertiary alicyclic amines) is 1. The standard InChI is InChI=1S/C14H21NO3/c16-13(15-4-3-11(8-15)14(17)18)7-12-6-9-1-2-10(12)5-9/h9-12H,1-8H2,(H,17,18). The summed E-state index contributed by atoms with van der Waals surface area (Å²) in [5.74, 6) is 1.32. The minimum Gasteiger partial charge on any atom is -0.481 e. The number of carbonyl (C=O) groups excluding carboxylic acids is 1. The number of aliphatic carboxylic acids is 1. The molecule has 1 saturated heterocycles. The Bertz CT molecular complexity index is 368. The molecule has 1 heterocycles. The molecule has 2 bridgehead atoms. The number of carboxylic acids is 1. The van der Waals surface area contributed by atoms with Gasteiger partial charge >= 0.3 is 5.97 Å². The molecule has 1 aliphatic heterocycles. The third-order valence-corrected chi connectivity index (χ3v) is 5.21. The van der Waals surface area contributed by atoms with Crippen LogP contribution < -0.4 is 0 Å². The maximum atomic E-state index is 12.2. The minimum atomic E-state index is -0.759. The average molecular weight is 251 g/mol. The molecule has 100 valence electrons. The fraction of sp³-hybridized carbons (Fsp3) is 0.857. The van der Waals surface area contributed by atoms with Crippen LogP contribution in [-0.4, -0.2) is 35.0 Å². The molecule has 0 aromatic rings. The van der Waals surface area contributed by atoms with E-state index in [1.165, 1.54) is 25.7 Å². The Morgan fingerprint density at radius 1 is 1.17 bits per heavy atom. The molecular formula is C14H21NO3. The zero-order valence-electron chi connectivity index (χ0n) is 10.7. The van der Waals surface area contributed by atoms with Crippen LogP contribution in [0.5, 0.6) is 0 Å². The van der Waals surface area contributed by atoms with Gasteiger partial charge in [0.1, 0.15) is 0 Å². The van der Waals surface area contributed by atoms with E-state index in [0.29, 0.717) is 31.8 Å². The zero-order valence-corrected chi connectivity index (χ0v) is 10.7. The first-order valence-electron chi connectivity index (χ1n) is 7.14. The van der Waals surface area contributed by atoms with Gasteiger partial charge in [-0.15, -0.1) is 0 Å². The van der Waals surface area contributed by atoms with Crippen molar-refractivity contribution in [3.05, 3.63) is 0 Å². The second-order valence-electron chi connectivity index (χ2n) is 6.30. The van der Waals surface area contributed by atoms with E-state index >= 15 is 0 Å². The molecule has 2 aliphatic carbocycles. The predicted molar refractivity (Wildman–Crippen MR) is 65.9 cm³/mol. The van der Waals surface area contributed by atoms with Crippen LogP contribution in [-0.2, 0) is 9.59 Å². The molecule has 3 rings (SSSR count). The number of hydrogen-bond donors (Lipinski definition) is 1. The van der Waals surface area contributed by atoms with Crippen molar-refractivity contribution >= 4 is 11.9 Å². The molecule has 0 spiro atoms. The maximum absolute atomic E-state index is 12.2. The van der Waals surface area contributed by atoms with E-state index in [2.05, 4.69) is 0 Å². The smallest absolute Gasteiger partial charge is 0.308 e. The van der Waals surface area contributed by atoms with Crippen molar-refractivity contribution in [2.75, 3.05) is 13.1 Å². The molecule has 0 aromatic carbocycles. The first-order valence-corrected chi connectivity index (χ1v) is 7.14. The summed E-state index contributed by atoms with van der Waals surface area (Å²) in [5.41, 5.74) is 0. The fourth-order valence-corrected chi connectivity index (χ4v) is 4.17. The Hall–Kier alpha value is -1.06. The van der Waals surface area contributed by atoms with Crippen molar-refractivity contribution in [1.29, 1.82) is 0 Å². The van der Waals surface area contributed by atoms with Crippen LogP contribution in [0.15, 0.2) is 0 Å². The topological polar surface area (TPSA) is 57.6 Å². The summed E-state index contributed by atoms with van der Waals surface area (Å²) in [6.07, 6.45) is 6.51. The Morgan fingerprint density at radius 2 is 2.00 bits per heavy atom. The van der Waals surface area contributed by atoms with Gasteiger partial charge in [0.2, 0.25) is 5.91 Å². The van der Waals surface area contributed by atoms with Crippen molar-refractivity contribution in [1.82, 2.24) is 4.90 Å². The van der Waals surface area contributed by atoms with Gasteiger partial charge in [0, 0.05) is 19.5 Å². The average Bonchev–Trinajstić information content (AvgIpc) is 3.04. The summed E-state index contributed by atoms with van der Waals surface area (Å²) < 4.78 is 0. The van der Waals surface area contributed by atoms with Crippen LogP contribution >= 0.6 is 0 Å². The second-order valence-corrected chi connectivity index (χ2v) is 6.30. The number of amides is 1. The minimum absolute atomic E-state index is 0.191. The highest BCUT2D eigenvalue weighted by Crippen LogP contribution is 2.49. The number of nitrogens with zero attached hydrogens (tertiary/aromatic N) is 1. The van der Waals surface area contributed by atoms with Crippen LogP contribution in [0.25, 0.3) is 0 Å². The summed E-state index contributed by atoms with van der Waals surface area (Å²) in [7, 11) is 0. The molecule has 4 unspecified atom stereocenters. The van der Waals surface area contributed by atoms with E-state index in [0.717, 1.165) is 11.8 Å². The summed E-state index contributed by atoms with van der Waals surface area (Å²) in [4.78, 5) is 24.8. The highest BCUT2D eigenvalue weighted by molar-refractivity contribution is 5.79. The van der Waals surface area contributed by atoms with Gasteiger partial charge in [-0.3, -0.25) is 9.59 Å². The van der Waals surface area contributed by atoms with Crippen molar-refractivity contribution < 1.29 is 14.7 Å². The molecule has 4 nitrogen and oxygen atoms in total. The first kappa shape index (κ1) is 12.0. The van der Waals surface area contributed by atoms with E-state index in [4.69, 9.17) is 5.11 Å². The third-order valence-electron chi connectivity index (χ3n) is 5.21. The molecule has 3 aliphatic rings. The second kappa shape index (κ2) is 4.56. The van der Waals surface area contributed by atoms with Crippen LogP contribution in [0, 0.1) is 23.7 Å². The summed E-state index contributed by atoms with van der Waals surface area (Å²) >= 11 is 0. The Labute approximate surface area is 107 Å². The van der Waals surface area contributed by atoms with Crippen LogP contribution in [0.1, 0.15) is 38.5 Å². The lowest BCUT2D eigenvalue weighted by Gasteiger charge is -2.24. The van der Waals surface area contributed by atoms with E-state index in [1.807, 2.05) is 0 Å².